The molecule has 0 saturated carbocycles. The molecular formula is C46H28N4S. The highest BCUT2D eigenvalue weighted by atomic mass is 32.1. The van der Waals surface area contributed by atoms with Crippen molar-refractivity contribution in [3.63, 3.8) is 0 Å². The van der Waals surface area contributed by atoms with Gasteiger partial charge >= 0.3 is 0 Å². The van der Waals surface area contributed by atoms with Crippen LogP contribution in [-0.4, -0.2) is 19.1 Å². The number of fused-ring (bicyclic) bond motifs is 10. The molecule has 0 atom stereocenters. The van der Waals surface area contributed by atoms with Gasteiger partial charge in [-0.25, -0.2) is 9.97 Å². The van der Waals surface area contributed by atoms with Gasteiger partial charge in [0.05, 0.1) is 42.7 Å². The molecule has 11 aromatic rings. The largest absolute Gasteiger partial charge is 0.308 e. The quantitative estimate of drug-likeness (QED) is 0.187. The summed E-state index contributed by atoms with van der Waals surface area (Å²) in [4.78, 5) is 10.7. The third-order valence-electron chi connectivity index (χ3n) is 10.1. The Balaban J connectivity index is 1.22. The number of rotatable bonds is 4. The van der Waals surface area contributed by atoms with E-state index in [2.05, 4.69) is 179 Å². The van der Waals surface area contributed by atoms with Gasteiger partial charge in [0.2, 0.25) is 5.95 Å². The SMILES string of the molecule is c1ccc(-c2ccc(-c3nc(-n4c5ccccc5c5ccc6c(sc7c8ccccc8n(-c8ccccc8)c67)c54)nc4ccccc34)cc2)cc1. The molecule has 0 aliphatic heterocycles. The summed E-state index contributed by atoms with van der Waals surface area (Å²) in [6, 6.07) is 60.3. The first-order valence-electron chi connectivity index (χ1n) is 17.2. The molecule has 0 saturated heterocycles. The Morgan fingerprint density at radius 1 is 0.373 bits per heavy atom. The molecule has 0 spiro atoms. The second kappa shape index (κ2) is 11.0. The van der Waals surface area contributed by atoms with Crippen molar-refractivity contribution >= 4 is 75.3 Å². The number of benzene rings is 7. The maximum atomic E-state index is 5.43. The predicted molar refractivity (Wildman–Crippen MR) is 214 cm³/mol. The van der Waals surface area contributed by atoms with E-state index in [0.717, 1.165) is 38.9 Å². The van der Waals surface area contributed by atoms with Crippen molar-refractivity contribution in [2.45, 2.75) is 0 Å². The van der Waals surface area contributed by atoms with Crippen LogP contribution in [0.15, 0.2) is 170 Å². The first-order chi connectivity index (χ1) is 25.3. The van der Waals surface area contributed by atoms with Gasteiger partial charge in [0.1, 0.15) is 0 Å². The van der Waals surface area contributed by atoms with Crippen LogP contribution in [0.1, 0.15) is 0 Å². The van der Waals surface area contributed by atoms with Crippen molar-refractivity contribution < 1.29 is 0 Å². The maximum Gasteiger partial charge on any atom is 0.235 e. The number of nitrogens with zero attached hydrogens (tertiary/aromatic N) is 4. The minimum atomic E-state index is 0.670. The number of hydrogen-bond acceptors (Lipinski definition) is 3. The fourth-order valence-electron chi connectivity index (χ4n) is 7.86. The molecule has 0 unspecified atom stereocenters. The first-order valence-corrected chi connectivity index (χ1v) is 18.0. The van der Waals surface area contributed by atoms with E-state index >= 15 is 0 Å². The molecule has 0 bridgehead atoms. The van der Waals surface area contributed by atoms with E-state index in [-0.39, 0.29) is 0 Å². The molecule has 0 aliphatic rings. The number of hydrogen-bond donors (Lipinski definition) is 0. The maximum absolute atomic E-state index is 5.43. The molecule has 51 heavy (non-hydrogen) atoms. The summed E-state index contributed by atoms with van der Waals surface area (Å²) in [7, 11) is 0. The molecule has 4 heterocycles. The van der Waals surface area contributed by atoms with Gasteiger partial charge in [-0.15, -0.1) is 11.3 Å². The van der Waals surface area contributed by atoms with Gasteiger partial charge < -0.3 is 4.57 Å². The summed E-state index contributed by atoms with van der Waals surface area (Å²) in [5.41, 5.74) is 11.1. The van der Waals surface area contributed by atoms with E-state index in [9.17, 15) is 0 Å². The van der Waals surface area contributed by atoms with Crippen LogP contribution < -0.4 is 0 Å². The van der Waals surface area contributed by atoms with Gasteiger partial charge in [-0.1, -0.05) is 140 Å². The third kappa shape index (κ3) is 4.19. The summed E-state index contributed by atoms with van der Waals surface area (Å²) in [5, 5.41) is 5.91. The predicted octanol–water partition coefficient (Wildman–Crippen LogP) is 12.4. The van der Waals surface area contributed by atoms with E-state index < -0.39 is 0 Å². The molecule has 5 heteroatoms. The second-order valence-corrected chi connectivity index (χ2v) is 14.0. The van der Waals surface area contributed by atoms with Gasteiger partial charge in [-0.05, 0) is 41.5 Å². The van der Waals surface area contributed by atoms with Crippen LogP contribution in [0.5, 0.6) is 0 Å². The van der Waals surface area contributed by atoms with Crippen LogP contribution in [0.25, 0.3) is 97.9 Å². The van der Waals surface area contributed by atoms with Crippen molar-refractivity contribution in [1.29, 1.82) is 0 Å². The lowest BCUT2D eigenvalue weighted by atomic mass is 10.0. The fourth-order valence-corrected chi connectivity index (χ4v) is 9.22. The highest BCUT2D eigenvalue weighted by Crippen LogP contribution is 2.47. The zero-order valence-electron chi connectivity index (χ0n) is 27.4. The molecule has 11 rings (SSSR count). The molecule has 7 aromatic carbocycles. The fraction of sp³-hybridized carbons (Fsp3) is 0. The molecule has 0 radical (unpaired) electrons. The summed E-state index contributed by atoms with van der Waals surface area (Å²) in [6.07, 6.45) is 0. The zero-order valence-corrected chi connectivity index (χ0v) is 28.2. The van der Waals surface area contributed by atoms with Crippen LogP contribution in [0.3, 0.4) is 0 Å². The second-order valence-electron chi connectivity index (χ2n) is 13.0. The lowest BCUT2D eigenvalue weighted by molar-refractivity contribution is 1.02. The summed E-state index contributed by atoms with van der Waals surface area (Å²) < 4.78 is 7.24. The van der Waals surface area contributed by atoms with Crippen molar-refractivity contribution in [1.82, 2.24) is 19.1 Å². The number of thiophene rings is 1. The standard InChI is InChI=1S/C46H28N4S/c1-3-13-29(14-4-1)30-23-25-31(26-24-30)41-35-18-7-10-20-38(35)47-46(48-41)50-39-21-11-8-17-33(39)34-27-28-37-43-44(51-45(37)42(34)50)36-19-9-12-22-40(36)49(43)32-15-5-2-6-16-32/h1-28H. The van der Waals surface area contributed by atoms with E-state index in [1.165, 1.54) is 53.1 Å². The lowest BCUT2D eigenvalue weighted by Gasteiger charge is -2.12. The molecule has 4 nitrogen and oxygen atoms in total. The van der Waals surface area contributed by atoms with Crippen LogP contribution in [0.2, 0.25) is 0 Å². The van der Waals surface area contributed by atoms with E-state index in [4.69, 9.17) is 9.97 Å². The summed E-state index contributed by atoms with van der Waals surface area (Å²) in [5.74, 6) is 0.670. The Bertz CT molecular complexity index is 3120. The smallest absolute Gasteiger partial charge is 0.235 e. The third-order valence-corrected chi connectivity index (χ3v) is 11.4. The average Bonchev–Trinajstić information content (AvgIpc) is 3.85. The Morgan fingerprint density at radius 3 is 1.71 bits per heavy atom. The van der Waals surface area contributed by atoms with Gasteiger partial charge in [-0.3, -0.25) is 4.57 Å². The van der Waals surface area contributed by atoms with Crippen molar-refractivity contribution in [2.24, 2.45) is 0 Å². The van der Waals surface area contributed by atoms with Crippen LogP contribution in [0.4, 0.5) is 0 Å². The topological polar surface area (TPSA) is 35.6 Å². The molecule has 0 aliphatic carbocycles. The lowest BCUT2D eigenvalue weighted by Crippen LogP contribution is -2.03. The van der Waals surface area contributed by atoms with Crippen molar-refractivity contribution in [2.75, 3.05) is 0 Å². The van der Waals surface area contributed by atoms with Crippen molar-refractivity contribution in [3.8, 4) is 34.0 Å². The monoisotopic (exact) mass is 668 g/mol. The number of para-hydroxylation sites is 4. The van der Waals surface area contributed by atoms with E-state index in [0.29, 0.717) is 5.95 Å². The van der Waals surface area contributed by atoms with Crippen LogP contribution in [0, 0.1) is 0 Å². The minimum Gasteiger partial charge on any atom is -0.308 e. The first kappa shape index (κ1) is 28.3. The van der Waals surface area contributed by atoms with E-state index in [1.807, 2.05) is 11.3 Å². The van der Waals surface area contributed by atoms with Crippen LogP contribution >= 0.6 is 11.3 Å². The molecular weight excluding hydrogens is 641 g/mol. The molecule has 4 aromatic heterocycles. The summed E-state index contributed by atoms with van der Waals surface area (Å²) in [6.45, 7) is 0. The van der Waals surface area contributed by atoms with Gasteiger partial charge in [0.15, 0.2) is 0 Å². The van der Waals surface area contributed by atoms with Gasteiger partial charge in [0, 0.05) is 38.2 Å². The Morgan fingerprint density at radius 2 is 0.922 bits per heavy atom. The Hall–Kier alpha value is -6.56. The highest BCUT2D eigenvalue weighted by Gasteiger charge is 2.23. The minimum absolute atomic E-state index is 0.670. The molecule has 0 N–H and O–H groups in total. The molecule has 0 amide bonds. The Labute approximate surface area is 297 Å². The normalized spacial score (nSPS) is 11.9. The molecule has 238 valence electrons. The average molecular weight is 669 g/mol. The highest BCUT2D eigenvalue weighted by molar-refractivity contribution is 7.27. The van der Waals surface area contributed by atoms with Gasteiger partial charge in [-0.2, -0.15) is 0 Å². The van der Waals surface area contributed by atoms with Crippen molar-refractivity contribution in [3.05, 3.63) is 170 Å². The van der Waals surface area contributed by atoms with E-state index in [1.54, 1.807) is 0 Å². The van der Waals surface area contributed by atoms with Gasteiger partial charge in [0.25, 0.3) is 0 Å². The number of aromatic nitrogens is 4. The summed E-state index contributed by atoms with van der Waals surface area (Å²) >= 11 is 1.87. The van der Waals surface area contributed by atoms with Crippen LogP contribution in [-0.2, 0) is 0 Å². The zero-order chi connectivity index (χ0) is 33.5. The molecule has 0 fully saturated rings. The Kier molecular flexibility index (Phi) is 6.09.